The van der Waals surface area contributed by atoms with Gasteiger partial charge < -0.3 is 24.8 Å². The fourth-order valence-corrected chi connectivity index (χ4v) is 2.53. The van der Waals surface area contributed by atoms with Crippen LogP contribution in [0.2, 0.25) is 0 Å². The number of carbonyl (C=O) groups is 3. The summed E-state index contributed by atoms with van der Waals surface area (Å²) in [6, 6.07) is 4.59. The SMILES string of the molecule is CNc1c(C(=O)O)cccc1N1C=CC=CC(C(=O)OC)=C1C(=O)OC. The van der Waals surface area contributed by atoms with Crippen LogP contribution in [0.1, 0.15) is 10.4 Å². The Morgan fingerprint density at radius 3 is 2.35 bits per heavy atom. The van der Waals surface area contributed by atoms with E-state index >= 15 is 0 Å². The zero-order valence-corrected chi connectivity index (χ0v) is 14.5. The zero-order valence-electron chi connectivity index (χ0n) is 14.5. The molecular formula is C18H18N2O6. The summed E-state index contributed by atoms with van der Waals surface area (Å²) in [5.74, 6) is -2.63. The first-order chi connectivity index (χ1) is 12.5. The zero-order chi connectivity index (χ0) is 19.3. The first kappa shape index (κ1) is 18.8. The van der Waals surface area contributed by atoms with E-state index in [-0.39, 0.29) is 22.5 Å². The number of carboxylic acids is 1. The maximum atomic E-state index is 12.4. The number of methoxy groups -OCH3 is 2. The van der Waals surface area contributed by atoms with Gasteiger partial charge in [0.25, 0.3) is 0 Å². The van der Waals surface area contributed by atoms with Crippen LogP contribution in [0.15, 0.2) is 53.9 Å². The Labute approximate surface area is 150 Å². The molecule has 0 aliphatic carbocycles. The second-order valence-corrected chi connectivity index (χ2v) is 5.07. The molecule has 0 unspecified atom stereocenters. The van der Waals surface area contributed by atoms with Gasteiger partial charge in [0.1, 0.15) is 5.70 Å². The molecule has 0 spiro atoms. The lowest BCUT2D eigenvalue weighted by Crippen LogP contribution is -2.27. The molecule has 0 atom stereocenters. The molecule has 0 fully saturated rings. The van der Waals surface area contributed by atoms with Gasteiger partial charge in [0, 0.05) is 13.2 Å². The molecule has 0 saturated carbocycles. The van der Waals surface area contributed by atoms with Gasteiger partial charge in [-0.05, 0) is 24.3 Å². The number of para-hydroxylation sites is 1. The molecule has 1 aliphatic rings. The van der Waals surface area contributed by atoms with Crippen molar-refractivity contribution in [1.29, 1.82) is 0 Å². The maximum Gasteiger partial charge on any atom is 0.355 e. The number of ether oxygens (including phenoxy) is 2. The van der Waals surface area contributed by atoms with Crippen molar-refractivity contribution < 1.29 is 29.0 Å². The molecule has 0 bridgehead atoms. The predicted molar refractivity (Wildman–Crippen MR) is 94.8 cm³/mol. The van der Waals surface area contributed by atoms with Crippen molar-refractivity contribution in [2.24, 2.45) is 0 Å². The van der Waals surface area contributed by atoms with Gasteiger partial charge >= 0.3 is 17.9 Å². The van der Waals surface area contributed by atoms with Crippen molar-refractivity contribution >= 4 is 29.3 Å². The molecule has 1 aromatic rings. The molecule has 2 rings (SSSR count). The number of benzene rings is 1. The summed E-state index contributed by atoms with van der Waals surface area (Å²) in [6.45, 7) is 0. The summed E-state index contributed by atoms with van der Waals surface area (Å²) >= 11 is 0. The number of carbonyl (C=O) groups excluding carboxylic acids is 2. The number of hydrogen-bond donors (Lipinski definition) is 2. The highest BCUT2D eigenvalue weighted by molar-refractivity contribution is 6.07. The fraction of sp³-hybridized carbons (Fsp3) is 0.167. The maximum absolute atomic E-state index is 12.4. The van der Waals surface area contributed by atoms with Crippen LogP contribution >= 0.6 is 0 Å². The second-order valence-electron chi connectivity index (χ2n) is 5.07. The molecule has 1 aromatic carbocycles. The highest BCUT2D eigenvalue weighted by Gasteiger charge is 2.29. The quantitative estimate of drug-likeness (QED) is 0.769. The number of hydrogen-bond acceptors (Lipinski definition) is 7. The van der Waals surface area contributed by atoms with Gasteiger partial charge in [0.2, 0.25) is 0 Å². The number of carboxylic acid groups (broad SMARTS) is 1. The highest BCUT2D eigenvalue weighted by atomic mass is 16.5. The Bertz CT molecular complexity index is 838. The summed E-state index contributed by atoms with van der Waals surface area (Å²) in [7, 11) is 3.95. The average Bonchev–Trinajstić information content (AvgIpc) is 2.88. The van der Waals surface area contributed by atoms with E-state index < -0.39 is 17.9 Å². The first-order valence-corrected chi connectivity index (χ1v) is 7.55. The normalized spacial score (nSPS) is 13.3. The lowest BCUT2D eigenvalue weighted by molar-refractivity contribution is -0.139. The minimum Gasteiger partial charge on any atom is -0.478 e. The van der Waals surface area contributed by atoms with Crippen molar-refractivity contribution in [3.05, 3.63) is 59.5 Å². The third-order valence-electron chi connectivity index (χ3n) is 3.67. The molecule has 136 valence electrons. The minimum absolute atomic E-state index is 0.0134. The van der Waals surface area contributed by atoms with Gasteiger partial charge in [0.15, 0.2) is 0 Å². The predicted octanol–water partition coefficient (Wildman–Crippen LogP) is 1.92. The third-order valence-corrected chi connectivity index (χ3v) is 3.67. The van der Waals surface area contributed by atoms with Crippen molar-refractivity contribution in [3.8, 4) is 0 Å². The molecule has 0 saturated heterocycles. The van der Waals surface area contributed by atoms with Crippen LogP contribution < -0.4 is 10.2 Å². The number of rotatable bonds is 5. The van der Waals surface area contributed by atoms with E-state index in [1.807, 2.05) is 0 Å². The van der Waals surface area contributed by atoms with Gasteiger partial charge in [-0.15, -0.1) is 0 Å². The van der Waals surface area contributed by atoms with E-state index in [1.54, 1.807) is 31.3 Å². The Morgan fingerprint density at radius 1 is 1.08 bits per heavy atom. The Morgan fingerprint density at radius 2 is 1.77 bits per heavy atom. The first-order valence-electron chi connectivity index (χ1n) is 7.55. The third kappa shape index (κ3) is 3.44. The monoisotopic (exact) mass is 358 g/mol. The largest absolute Gasteiger partial charge is 0.478 e. The van der Waals surface area contributed by atoms with E-state index in [0.29, 0.717) is 5.69 Å². The Hall–Kier alpha value is -3.55. The number of esters is 2. The second kappa shape index (κ2) is 8.02. The number of aromatic carboxylic acids is 1. The molecular weight excluding hydrogens is 340 g/mol. The Balaban J connectivity index is 2.78. The van der Waals surface area contributed by atoms with Crippen LogP contribution in [0.4, 0.5) is 11.4 Å². The molecule has 1 heterocycles. The summed E-state index contributed by atoms with van der Waals surface area (Å²) in [6.07, 6.45) is 6.12. The van der Waals surface area contributed by atoms with Crippen LogP contribution in [0.25, 0.3) is 0 Å². The van der Waals surface area contributed by atoms with E-state index in [2.05, 4.69) is 5.32 Å². The van der Waals surface area contributed by atoms with E-state index in [0.717, 1.165) is 0 Å². The van der Waals surface area contributed by atoms with Gasteiger partial charge in [0.05, 0.1) is 36.7 Å². The highest BCUT2D eigenvalue weighted by Crippen LogP contribution is 2.34. The van der Waals surface area contributed by atoms with E-state index in [1.165, 1.54) is 37.5 Å². The van der Waals surface area contributed by atoms with Crippen molar-refractivity contribution in [1.82, 2.24) is 0 Å². The van der Waals surface area contributed by atoms with Gasteiger partial charge in [-0.3, -0.25) is 0 Å². The number of anilines is 2. The smallest absolute Gasteiger partial charge is 0.355 e. The topological polar surface area (TPSA) is 105 Å². The van der Waals surface area contributed by atoms with Crippen LogP contribution in [0.3, 0.4) is 0 Å². The lowest BCUT2D eigenvalue weighted by atomic mass is 10.1. The molecule has 26 heavy (non-hydrogen) atoms. The lowest BCUT2D eigenvalue weighted by Gasteiger charge is -2.26. The summed E-state index contributed by atoms with van der Waals surface area (Å²) < 4.78 is 9.58. The minimum atomic E-state index is -1.13. The van der Waals surface area contributed by atoms with Crippen molar-refractivity contribution in [3.63, 3.8) is 0 Å². The molecule has 8 heteroatoms. The molecule has 1 aliphatic heterocycles. The standard InChI is InChI=1S/C18H18N2O6/c1-19-14-11(16(21)22)8-6-9-13(14)20-10-5-4-7-12(17(23)25-2)15(20)18(24)26-3/h4-10,19H,1-3H3,(H,21,22). The number of nitrogens with one attached hydrogen (secondary N) is 1. The molecule has 2 N–H and O–H groups in total. The fourth-order valence-electron chi connectivity index (χ4n) is 2.53. The van der Waals surface area contributed by atoms with Gasteiger partial charge in [-0.2, -0.15) is 0 Å². The molecule has 8 nitrogen and oxygen atoms in total. The van der Waals surface area contributed by atoms with Crippen molar-refractivity contribution in [2.45, 2.75) is 0 Å². The van der Waals surface area contributed by atoms with Gasteiger partial charge in [-0.1, -0.05) is 12.1 Å². The Kier molecular flexibility index (Phi) is 5.79. The summed E-state index contributed by atoms with van der Waals surface area (Å²) in [5.41, 5.74) is 0.529. The van der Waals surface area contributed by atoms with Crippen LogP contribution in [0.5, 0.6) is 0 Å². The van der Waals surface area contributed by atoms with E-state index in [4.69, 9.17) is 9.47 Å². The molecule has 0 radical (unpaired) electrons. The van der Waals surface area contributed by atoms with Crippen LogP contribution in [-0.4, -0.2) is 44.3 Å². The van der Waals surface area contributed by atoms with Crippen LogP contribution in [-0.2, 0) is 19.1 Å². The van der Waals surface area contributed by atoms with E-state index in [9.17, 15) is 19.5 Å². The number of allylic oxidation sites excluding steroid dienone is 2. The molecule has 0 amide bonds. The summed E-state index contributed by atoms with van der Waals surface area (Å²) in [5, 5.41) is 12.2. The summed E-state index contributed by atoms with van der Waals surface area (Å²) in [4.78, 5) is 37.5. The van der Waals surface area contributed by atoms with Crippen LogP contribution in [0, 0.1) is 0 Å². The number of nitrogens with zero attached hydrogens (tertiary/aromatic N) is 1. The van der Waals surface area contributed by atoms with Gasteiger partial charge in [-0.25, -0.2) is 14.4 Å². The molecule has 0 aromatic heterocycles. The average molecular weight is 358 g/mol. The van der Waals surface area contributed by atoms with Crippen molar-refractivity contribution in [2.75, 3.05) is 31.5 Å².